The van der Waals surface area contributed by atoms with Gasteiger partial charge in [-0.2, -0.15) is 0 Å². The fourth-order valence-corrected chi connectivity index (χ4v) is 3.96. The minimum Gasteiger partial charge on any atom is -0.368 e. The molecule has 1 aromatic rings. The van der Waals surface area contributed by atoms with Gasteiger partial charge in [0.05, 0.1) is 16.8 Å². The van der Waals surface area contributed by atoms with Gasteiger partial charge in [-0.25, -0.2) is 0 Å². The molecule has 1 amide bonds. The molecule has 2 aliphatic rings. The summed E-state index contributed by atoms with van der Waals surface area (Å²) in [6.07, 6.45) is 2.28. The van der Waals surface area contributed by atoms with Crippen molar-refractivity contribution >= 4 is 23.2 Å². The highest BCUT2D eigenvalue weighted by Crippen LogP contribution is 2.26. The SMILES string of the molecule is CC1CCN(C(=O)C(C)N2CCN(c3ccccc3Cl)CC2)CC1. The molecule has 5 heteroatoms. The Morgan fingerprint density at radius 2 is 1.71 bits per heavy atom. The summed E-state index contributed by atoms with van der Waals surface area (Å²) in [4.78, 5) is 19.5. The average Bonchev–Trinajstić information content (AvgIpc) is 2.62. The number of carbonyl (C=O) groups is 1. The molecule has 0 bridgehead atoms. The van der Waals surface area contributed by atoms with Crippen LogP contribution in [-0.2, 0) is 4.79 Å². The molecular formula is C19H28ClN3O. The van der Waals surface area contributed by atoms with Gasteiger partial charge in [-0.15, -0.1) is 0 Å². The van der Waals surface area contributed by atoms with Gasteiger partial charge in [0.25, 0.3) is 0 Å². The number of nitrogens with zero attached hydrogens (tertiary/aromatic N) is 3. The van der Waals surface area contributed by atoms with Crippen LogP contribution in [0, 0.1) is 5.92 Å². The molecule has 2 saturated heterocycles. The zero-order valence-electron chi connectivity index (χ0n) is 14.7. The van der Waals surface area contributed by atoms with Crippen molar-refractivity contribution in [2.45, 2.75) is 32.7 Å². The predicted octanol–water partition coefficient (Wildman–Crippen LogP) is 3.11. The highest BCUT2D eigenvalue weighted by atomic mass is 35.5. The predicted molar refractivity (Wildman–Crippen MR) is 99.7 cm³/mol. The summed E-state index contributed by atoms with van der Waals surface area (Å²) in [5.41, 5.74) is 1.10. The molecule has 0 aliphatic carbocycles. The monoisotopic (exact) mass is 349 g/mol. The van der Waals surface area contributed by atoms with E-state index in [2.05, 4.69) is 34.6 Å². The molecule has 3 rings (SSSR count). The summed E-state index contributed by atoms with van der Waals surface area (Å²) >= 11 is 6.30. The maximum atomic E-state index is 12.8. The van der Waals surface area contributed by atoms with Gasteiger partial charge in [-0.05, 0) is 37.8 Å². The summed E-state index contributed by atoms with van der Waals surface area (Å²) in [7, 11) is 0. The summed E-state index contributed by atoms with van der Waals surface area (Å²) in [6, 6.07) is 7.97. The fraction of sp³-hybridized carbons (Fsp3) is 0.632. The van der Waals surface area contributed by atoms with Crippen molar-refractivity contribution in [1.82, 2.24) is 9.80 Å². The number of likely N-dealkylation sites (tertiary alicyclic amines) is 1. The number of hydrogen-bond acceptors (Lipinski definition) is 3. The van der Waals surface area contributed by atoms with Crippen LogP contribution in [0.2, 0.25) is 5.02 Å². The Morgan fingerprint density at radius 1 is 1.08 bits per heavy atom. The van der Waals surface area contributed by atoms with Crippen LogP contribution in [0.25, 0.3) is 0 Å². The Bertz CT molecular complexity index is 563. The smallest absolute Gasteiger partial charge is 0.239 e. The first-order valence-electron chi connectivity index (χ1n) is 9.08. The van der Waals surface area contributed by atoms with Gasteiger partial charge >= 0.3 is 0 Å². The second kappa shape index (κ2) is 7.75. The first-order valence-corrected chi connectivity index (χ1v) is 9.46. The normalized spacial score (nSPS) is 21.8. The maximum Gasteiger partial charge on any atom is 0.239 e. The molecule has 0 spiro atoms. The lowest BCUT2D eigenvalue weighted by Gasteiger charge is -2.41. The van der Waals surface area contributed by atoms with E-state index < -0.39 is 0 Å². The summed E-state index contributed by atoms with van der Waals surface area (Å²) in [6.45, 7) is 9.82. The van der Waals surface area contributed by atoms with Crippen molar-refractivity contribution in [3.63, 3.8) is 0 Å². The standard InChI is InChI=1S/C19H28ClN3O/c1-15-7-9-23(10-8-15)19(24)16(2)21-11-13-22(14-12-21)18-6-4-3-5-17(18)20/h3-6,15-16H,7-14H2,1-2H3. The molecule has 0 N–H and O–H groups in total. The van der Waals surface area contributed by atoms with Crippen LogP contribution in [0.3, 0.4) is 0 Å². The third-order valence-corrected chi connectivity index (χ3v) is 5.83. The van der Waals surface area contributed by atoms with Crippen molar-refractivity contribution in [2.75, 3.05) is 44.2 Å². The van der Waals surface area contributed by atoms with E-state index in [1.807, 2.05) is 18.2 Å². The van der Waals surface area contributed by atoms with E-state index in [9.17, 15) is 4.79 Å². The van der Waals surface area contributed by atoms with Gasteiger partial charge in [0.15, 0.2) is 0 Å². The number of hydrogen-bond donors (Lipinski definition) is 0. The first kappa shape index (κ1) is 17.6. The van der Waals surface area contributed by atoms with E-state index in [0.29, 0.717) is 5.91 Å². The van der Waals surface area contributed by atoms with Crippen LogP contribution < -0.4 is 4.90 Å². The number of amides is 1. The molecule has 0 saturated carbocycles. The van der Waals surface area contributed by atoms with Crippen molar-refractivity contribution in [1.29, 1.82) is 0 Å². The number of benzene rings is 1. The van der Waals surface area contributed by atoms with Crippen molar-refractivity contribution < 1.29 is 4.79 Å². The highest BCUT2D eigenvalue weighted by Gasteiger charge is 2.30. The number of halogens is 1. The van der Waals surface area contributed by atoms with Crippen LogP contribution in [0.1, 0.15) is 26.7 Å². The quantitative estimate of drug-likeness (QED) is 0.839. The van der Waals surface area contributed by atoms with Gasteiger partial charge in [-0.3, -0.25) is 9.69 Å². The van der Waals surface area contributed by atoms with Gasteiger partial charge < -0.3 is 9.80 Å². The Hall–Kier alpha value is -1.26. The topological polar surface area (TPSA) is 26.8 Å². The maximum absolute atomic E-state index is 12.8. The van der Waals surface area contributed by atoms with E-state index in [0.717, 1.165) is 68.7 Å². The molecule has 0 radical (unpaired) electrons. The van der Waals surface area contributed by atoms with E-state index >= 15 is 0 Å². The lowest BCUT2D eigenvalue weighted by molar-refractivity contribution is -0.137. The summed E-state index contributed by atoms with van der Waals surface area (Å²) in [5, 5.41) is 0.803. The van der Waals surface area contributed by atoms with Crippen LogP contribution >= 0.6 is 11.6 Å². The van der Waals surface area contributed by atoms with E-state index in [1.165, 1.54) is 0 Å². The number of anilines is 1. The minimum absolute atomic E-state index is 0.0215. The zero-order valence-corrected chi connectivity index (χ0v) is 15.5. The largest absolute Gasteiger partial charge is 0.368 e. The molecule has 1 atom stereocenters. The molecule has 0 aromatic heterocycles. The highest BCUT2D eigenvalue weighted by molar-refractivity contribution is 6.33. The van der Waals surface area contributed by atoms with Gasteiger partial charge in [0, 0.05) is 39.3 Å². The number of carbonyl (C=O) groups excluding carboxylic acids is 1. The van der Waals surface area contributed by atoms with Gasteiger partial charge in [0.1, 0.15) is 0 Å². The zero-order chi connectivity index (χ0) is 17.1. The summed E-state index contributed by atoms with van der Waals surface area (Å²) < 4.78 is 0. The summed E-state index contributed by atoms with van der Waals surface area (Å²) in [5.74, 6) is 1.05. The van der Waals surface area contributed by atoms with Crippen LogP contribution in [-0.4, -0.2) is 61.0 Å². The molecule has 2 aliphatic heterocycles. The lowest BCUT2D eigenvalue weighted by Crippen LogP contribution is -2.55. The molecule has 4 nitrogen and oxygen atoms in total. The second-order valence-corrected chi connectivity index (χ2v) is 7.57. The van der Waals surface area contributed by atoms with Gasteiger partial charge in [0.2, 0.25) is 5.91 Å². The second-order valence-electron chi connectivity index (χ2n) is 7.16. The average molecular weight is 350 g/mol. The number of piperazine rings is 1. The third-order valence-electron chi connectivity index (χ3n) is 5.51. The van der Waals surface area contributed by atoms with E-state index in [-0.39, 0.29) is 6.04 Å². The van der Waals surface area contributed by atoms with Gasteiger partial charge in [-0.1, -0.05) is 30.7 Å². The Morgan fingerprint density at radius 3 is 2.33 bits per heavy atom. The molecule has 1 unspecified atom stereocenters. The number of rotatable bonds is 3. The Kier molecular flexibility index (Phi) is 5.67. The molecular weight excluding hydrogens is 322 g/mol. The fourth-order valence-electron chi connectivity index (χ4n) is 3.71. The minimum atomic E-state index is -0.0215. The van der Waals surface area contributed by atoms with Crippen LogP contribution in [0.5, 0.6) is 0 Å². The molecule has 24 heavy (non-hydrogen) atoms. The van der Waals surface area contributed by atoms with Crippen molar-refractivity contribution in [3.05, 3.63) is 29.3 Å². The van der Waals surface area contributed by atoms with E-state index in [4.69, 9.17) is 11.6 Å². The molecule has 132 valence electrons. The van der Waals surface area contributed by atoms with E-state index in [1.54, 1.807) is 0 Å². The Balaban J connectivity index is 1.54. The molecule has 2 fully saturated rings. The van der Waals surface area contributed by atoms with Crippen LogP contribution in [0.15, 0.2) is 24.3 Å². The molecule has 1 aromatic carbocycles. The first-order chi connectivity index (χ1) is 11.6. The molecule has 2 heterocycles. The lowest BCUT2D eigenvalue weighted by atomic mass is 9.98. The van der Waals surface area contributed by atoms with Crippen molar-refractivity contribution in [3.8, 4) is 0 Å². The van der Waals surface area contributed by atoms with Crippen LogP contribution in [0.4, 0.5) is 5.69 Å². The third kappa shape index (κ3) is 3.86. The van der Waals surface area contributed by atoms with Crippen molar-refractivity contribution in [2.24, 2.45) is 5.92 Å². The number of para-hydroxylation sites is 1. The Labute approximate surface area is 150 Å². The number of piperidine rings is 1.